The molecule has 1 aliphatic heterocycles. The van der Waals surface area contributed by atoms with Crippen LogP contribution in [0.15, 0.2) is 65.7 Å². The summed E-state index contributed by atoms with van der Waals surface area (Å²) in [7, 11) is 1.68. The number of carboxylic acids is 2. The van der Waals surface area contributed by atoms with E-state index in [4.69, 9.17) is 5.11 Å². The molecule has 12 nitrogen and oxygen atoms in total. The van der Waals surface area contributed by atoms with Crippen molar-refractivity contribution in [1.29, 1.82) is 0 Å². The van der Waals surface area contributed by atoms with E-state index in [2.05, 4.69) is 14.9 Å². The Morgan fingerprint density at radius 1 is 1.05 bits per heavy atom. The van der Waals surface area contributed by atoms with Crippen molar-refractivity contribution in [3.05, 3.63) is 94.1 Å². The molecule has 0 bridgehead atoms. The zero-order chi connectivity index (χ0) is 28.8. The highest BCUT2D eigenvalue weighted by atomic mass is 16.4. The van der Waals surface area contributed by atoms with Crippen LogP contribution < -0.4 is 5.69 Å². The van der Waals surface area contributed by atoms with Gasteiger partial charge in [0.2, 0.25) is 0 Å². The lowest BCUT2D eigenvalue weighted by atomic mass is 9.93. The largest absolute Gasteiger partial charge is 0.478 e. The SMILES string of the molecule is Cn1c(C(=O)O)cnc1CN1CC[C@H](n2c(=O)n(C3=CC=C(c4ccc(C(=O)O)cc4)CC3O)c3cccnc32)C1. The van der Waals surface area contributed by atoms with Crippen molar-refractivity contribution in [3.8, 4) is 0 Å². The molecule has 1 aromatic carbocycles. The average molecular weight is 557 g/mol. The number of aromatic carboxylic acids is 2. The molecule has 0 saturated carbocycles. The maximum atomic E-state index is 13.9. The predicted octanol–water partition coefficient (Wildman–Crippen LogP) is 2.46. The number of imidazole rings is 2. The normalized spacial score (nSPS) is 19.4. The van der Waals surface area contributed by atoms with Gasteiger partial charge in [-0.2, -0.15) is 0 Å². The van der Waals surface area contributed by atoms with Gasteiger partial charge in [0.05, 0.1) is 41.7 Å². The number of aliphatic hydroxyl groups excluding tert-OH is 1. The van der Waals surface area contributed by atoms with Gasteiger partial charge in [0.1, 0.15) is 11.5 Å². The molecule has 4 aromatic rings. The lowest BCUT2D eigenvalue weighted by molar-refractivity contribution is 0.0679. The van der Waals surface area contributed by atoms with Gasteiger partial charge in [0, 0.05) is 32.8 Å². The van der Waals surface area contributed by atoms with Crippen molar-refractivity contribution in [2.75, 3.05) is 13.1 Å². The molecule has 0 radical (unpaired) electrons. The number of aliphatic hydroxyl groups is 1. The molecule has 1 unspecified atom stereocenters. The fourth-order valence-corrected chi connectivity index (χ4v) is 5.73. The van der Waals surface area contributed by atoms with E-state index < -0.39 is 18.0 Å². The van der Waals surface area contributed by atoms with Crippen molar-refractivity contribution in [3.63, 3.8) is 0 Å². The van der Waals surface area contributed by atoms with E-state index in [1.54, 1.807) is 46.7 Å². The number of carboxylic acid groups (broad SMARTS) is 2. The molecular weight excluding hydrogens is 528 g/mol. The first-order valence-corrected chi connectivity index (χ1v) is 13.2. The molecule has 41 heavy (non-hydrogen) atoms. The Labute approximate surface area is 233 Å². The first kappa shape index (κ1) is 26.4. The van der Waals surface area contributed by atoms with E-state index in [0.29, 0.717) is 48.7 Å². The Balaban J connectivity index is 1.30. The lowest BCUT2D eigenvalue weighted by Crippen LogP contribution is -2.32. The van der Waals surface area contributed by atoms with Crippen LogP contribution in [0.2, 0.25) is 0 Å². The van der Waals surface area contributed by atoms with Crippen molar-refractivity contribution < 1.29 is 24.9 Å². The Morgan fingerprint density at radius 2 is 1.83 bits per heavy atom. The fourth-order valence-electron chi connectivity index (χ4n) is 5.73. The van der Waals surface area contributed by atoms with E-state index >= 15 is 0 Å². The van der Waals surface area contributed by atoms with Gasteiger partial charge >= 0.3 is 17.6 Å². The van der Waals surface area contributed by atoms with Crippen LogP contribution in [0.5, 0.6) is 0 Å². The number of allylic oxidation sites excluding steroid dienone is 2. The summed E-state index contributed by atoms with van der Waals surface area (Å²) in [6.07, 6.45) is 6.56. The van der Waals surface area contributed by atoms with Gasteiger partial charge < -0.3 is 19.9 Å². The summed E-state index contributed by atoms with van der Waals surface area (Å²) in [5.41, 5.74) is 3.22. The molecule has 3 N–H and O–H groups in total. The molecule has 12 heteroatoms. The van der Waals surface area contributed by atoms with Crippen molar-refractivity contribution in [1.82, 2.24) is 28.6 Å². The second-order valence-electron chi connectivity index (χ2n) is 10.3. The van der Waals surface area contributed by atoms with Gasteiger partial charge in [-0.15, -0.1) is 0 Å². The molecule has 4 heterocycles. The third kappa shape index (κ3) is 4.66. The summed E-state index contributed by atoms with van der Waals surface area (Å²) < 4.78 is 4.77. The molecule has 210 valence electrons. The van der Waals surface area contributed by atoms with E-state index in [1.165, 1.54) is 22.9 Å². The monoisotopic (exact) mass is 556 g/mol. The Hall–Kier alpha value is -4.81. The summed E-state index contributed by atoms with van der Waals surface area (Å²) in [6.45, 7) is 1.71. The predicted molar refractivity (Wildman–Crippen MR) is 149 cm³/mol. The number of rotatable bonds is 7. The number of pyridine rings is 1. The Morgan fingerprint density at radius 3 is 2.51 bits per heavy atom. The zero-order valence-corrected chi connectivity index (χ0v) is 22.2. The number of nitrogens with zero attached hydrogens (tertiary/aromatic N) is 6. The number of aromatic nitrogens is 5. The Bertz CT molecular complexity index is 1790. The minimum absolute atomic E-state index is 0.119. The smallest absolute Gasteiger partial charge is 0.354 e. The van der Waals surface area contributed by atoms with Crippen LogP contribution in [0.1, 0.15) is 51.1 Å². The standard InChI is InChI=1S/C29H28N6O6/c1-32-23(28(39)40)14-31-25(32)16-33-12-10-20(15-33)34-26-22(3-2-11-30-26)35(29(34)41)21-9-8-19(13-24(21)36)17-4-6-18(7-5-17)27(37)38/h2-9,11,14,20,24,36H,10,12-13,15-16H2,1H3,(H,37,38)(H,39,40)/t20-,24?/m0/s1. The van der Waals surface area contributed by atoms with Crippen molar-refractivity contribution in [2.45, 2.75) is 31.5 Å². The molecular formula is C29H28N6O6. The maximum Gasteiger partial charge on any atom is 0.354 e. The molecule has 2 atom stereocenters. The number of fused-ring (bicyclic) bond motifs is 1. The minimum atomic E-state index is -1.03. The first-order chi connectivity index (χ1) is 19.7. The summed E-state index contributed by atoms with van der Waals surface area (Å²) in [5.74, 6) is -1.41. The van der Waals surface area contributed by atoms with Gasteiger partial charge in [-0.05, 0) is 47.9 Å². The molecule has 0 amide bonds. The van der Waals surface area contributed by atoms with Crippen LogP contribution in [-0.4, -0.2) is 75.0 Å². The second kappa shape index (κ2) is 10.3. The van der Waals surface area contributed by atoms with E-state index in [1.807, 2.05) is 12.1 Å². The van der Waals surface area contributed by atoms with E-state index in [9.17, 15) is 24.6 Å². The first-order valence-electron chi connectivity index (χ1n) is 13.2. The van der Waals surface area contributed by atoms with Crippen LogP contribution in [0.25, 0.3) is 22.4 Å². The van der Waals surface area contributed by atoms with Crippen molar-refractivity contribution >= 4 is 34.4 Å². The number of carbonyl (C=O) groups is 2. The molecule has 0 spiro atoms. The maximum absolute atomic E-state index is 13.9. The van der Waals surface area contributed by atoms with Crippen LogP contribution in [-0.2, 0) is 13.6 Å². The molecule has 2 aliphatic rings. The highest BCUT2D eigenvalue weighted by Gasteiger charge is 2.31. The summed E-state index contributed by atoms with van der Waals surface area (Å²) in [4.78, 5) is 47.4. The second-order valence-corrected chi connectivity index (χ2v) is 10.3. The van der Waals surface area contributed by atoms with Gasteiger partial charge in [-0.1, -0.05) is 18.2 Å². The number of benzene rings is 1. The zero-order valence-electron chi connectivity index (χ0n) is 22.2. The van der Waals surface area contributed by atoms with Gasteiger partial charge in [0.25, 0.3) is 0 Å². The summed E-state index contributed by atoms with van der Waals surface area (Å²) >= 11 is 0. The van der Waals surface area contributed by atoms with Gasteiger partial charge in [-0.25, -0.2) is 24.4 Å². The topological polar surface area (TPSA) is 156 Å². The van der Waals surface area contributed by atoms with Gasteiger partial charge in [-0.3, -0.25) is 14.0 Å². The van der Waals surface area contributed by atoms with Crippen LogP contribution in [0.4, 0.5) is 0 Å². The van der Waals surface area contributed by atoms with Crippen LogP contribution in [0.3, 0.4) is 0 Å². The van der Waals surface area contributed by atoms with Crippen LogP contribution >= 0.6 is 0 Å². The quantitative estimate of drug-likeness (QED) is 0.311. The van der Waals surface area contributed by atoms with Gasteiger partial charge in [0.15, 0.2) is 5.65 Å². The molecule has 1 fully saturated rings. The molecule has 1 saturated heterocycles. The fraction of sp³-hybridized carbons (Fsp3) is 0.276. The number of hydrogen-bond acceptors (Lipinski definition) is 7. The molecule has 6 rings (SSSR count). The van der Waals surface area contributed by atoms with Crippen molar-refractivity contribution in [2.24, 2.45) is 7.05 Å². The minimum Gasteiger partial charge on any atom is -0.478 e. The average Bonchev–Trinajstić information content (AvgIpc) is 3.64. The third-order valence-electron chi connectivity index (χ3n) is 7.88. The molecule has 1 aliphatic carbocycles. The van der Waals surface area contributed by atoms with E-state index in [-0.39, 0.29) is 29.4 Å². The third-order valence-corrected chi connectivity index (χ3v) is 7.88. The summed E-state index contributed by atoms with van der Waals surface area (Å²) in [5, 5.41) is 29.7. The highest BCUT2D eigenvalue weighted by Crippen LogP contribution is 2.32. The Kier molecular flexibility index (Phi) is 6.64. The highest BCUT2D eigenvalue weighted by molar-refractivity contribution is 5.88. The van der Waals surface area contributed by atoms with E-state index in [0.717, 1.165) is 11.1 Å². The summed E-state index contributed by atoms with van der Waals surface area (Å²) in [6, 6.07) is 9.87. The molecule has 3 aromatic heterocycles. The number of hydrogen-bond donors (Lipinski definition) is 3. The number of likely N-dealkylation sites (tertiary alicyclic amines) is 1. The lowest BCUT2D eigenvalue weighted by Gasteiger charge is -2.22. The van der Waals surface area contributed by atoms with Crippen LogP contribution in [0, 0.1) is 0 Å².